The molecule has 1 aromatic heterocycles. The highest BCUT2D eigenvalue weighted by Crippen LogP contribution is 2.31. The average Bonchev–Trinajstić information content (AvgIpc) is 3.22. The molecule has 1 saturated carbocycles. The van der Waals surface area contributed by atoms with Crippen molar-refractivity contribution in [2.24, 2.45) is 11.8 Å². The maximum absolute atomic E-state index is 13.1. The number of hydrogen-bond donors (Lipinski definition) is 2. The second-order valence-electron chi connectivity index (χ2n) is 8.73. The third-order valence-corrected chi connectivity index (χ3v) is 6.07. The summed E-state index contributed by atoms with van der Waals surface area (Å²) in [5, 5.41) is 7.90. The van der Waals surface area contributed by atoms with E-state index in [4.69, 9.17) is 16.3 Å². The fourth-order valence-electron chi connectivity index (χ4n) is 3.71. The summed E-state index contributed by atoms with van der Waals surface area (Å²) < 4.78 is 5.23. The molecule has 0 spiro atoms. The molecule has 0 aliphatic heterocycles. The maximum atomic E-state index is 13.1. The number of aromatic nitrogens is 1. The predicted octanol–water partition coefficient (Wildman–Crippen LogP) is 3.87. The van der Waals surface area contributed by atoms with Crippen LogP contribution >= 0.6 is 22.9 Å². The monoisotopic (exact) mass is 472 g/mol. The smallest absolute Gasteiger partial charge is 0.407 e. The molecule has 1 aromatic rings. The number of anilines is 1. The zero-order valence-electron chi connectivity index (χ0n) is 18.5. The summed E-state index contributed by atoms with van der Waals surface area (Å²) in [6.07, 6.45) is 6.33. The topological polar surface area (TPSA) is 101 Å². The normalized spacial score (nSPS) is 15.7. The van der Waals surface area contributed by atoms with Crippen molar-refractivity contribution in [3.63, 3.8) is 0 Å². The van der Waals surface area contributed by atoms with Crippen molar-refractivity contribution >= 4 is 46.0 Å². The largest absolute Gasteiger partial charge is 0.444 e. The van der Waals surface area contributed by atoms with Gasteiger partial charge in [0, 0.05) is 31.2 Å². The van der Waals surface area contributed by atoms with Crippen molar-refractivity contribution in [2.45, 2.75) is 58.5 Å². The molecule has 0 bridgehead atoms. The van der Waals surface area contributed by atoms with Gasteiger partial charge >= 0.3 is 6.09 Å². The lowest BCUT2D eigenvalue weighted by molar-refractivity contribution is -0.131. The van der Waals surface area contributed by atoms with Crippen LogP contribution in [0.5, 0.6) is 0 Å². The second-order valence-corrected chi connectivity index (χ2v) is 9.89. The van der Waals surface area contributed by atoms with E-state index in [2.05, 4.69) is 15.6 Å². The van der Waals surface area contributed by atoms with Crippen LogP contribution in [-0.4, -0.2) is 58.9 Å². The van der Waals surface area contributed by atoms with E-state index in [1.807, 2.05) is 0 Å². The quantitative estimate of drug-likeness (QED) is 0.531. The lowest BCUT2D eigenvalue weighted by Gasteiger charge is -2.33. The Hall–Kier alpha value is -1.87. The molecule has 2 rings (SSSR count). The maximum Gasteiger partial charge on any atom is 0.407 e. The van der Waals surface area contributed by atoms with Crippen LogP contribution in [-0.2, 0) is 14.3 Å². The van der Waals surface area contributed by atoms with Gasteiger partial charge in [-0.3, -0.25) is 9.59 Å². The van der Waals surface area contributed by atoms with Gasteiger partial charge in [-0.05, 0) is 39.5 Å². The molecule has 2 N–H and O–H groups in total. The van der Waals surface area contributed by atoms with Gasteiger partial charge in [-0.25, -0.2) is 9.78 Å². The van der Waals surface area contributed by atoms with Gasteiger partial charge in [0.05, 0.1) is 5.92 Å². The molecule has 1 heterocycles. The van der Waals surface area contributed by atoms with Crippen LogP contribution in [0.3, 0.4) is 0 Å². The number of ether oxygens (including phenoxy) is 1. The summed E-state index contributed by atoms with van der Waals surface area (Å²) in [6.45, 7) is 6.06. The Bertz CT molecular complexity index is 717. The number of carbonyl (C=O) groups is 3. The standard InChI is InChI=1S/C21H33ClN4O4S/c1-21(2,3)30-20(29)24-9-11-26(17(27)13-22)14-16(15-7-5-4-6-8-15)18(28)25-19-23-10-12-31-19/h10,12,15-16H,4-9,11,13-14H2,1-3H3,(H,24,29)(H,23,25,28)/t16-/m0/s1. The molecule has 10 heteroatoms. The number of nitrogens with zero attached hydrogens (tertiary/aromatic N) is 2. The number of hydrogen-bond acceptors (Lipinski definition) is 6. The van der Waals surface area contributed by atoms with Crippen LogP contribution in [0.15, 0.2) is 11.6 Å². The van der Waals surface area contributed by atoms with Crippen LogP contribution in [0.25, 0.3) is 0 Å². The van der Waals surface area contributed by atoms with E-state index in [0.29, 0.717) is 5.13 Å². The lowest BCUT2D eigenvalue weighted by atomic mass is 9.79. The number of alkyl halides is 1. The summed E-state index contributed by atoms with van der Waals surface area (Å²) in [5.74, 6) is -0.751. The molecular formula is C21H33ClN4O4S. The number of carbonyl (C=O) groups excluding carboxylic acids is 3. The zero-order valence-corrected chi connectivity index (χ0v) is 20.1. The summed E-state index contributed by atoms with van der Waals surface area (Å²) in [4.78, 5) is 43.2. The minimum absolute atomic E-state index is 0.130. The summed E-state index contributed by atoms with van der Waals surface area (Å²) >= 11 is 7.19. The molecule has 1 fully saturated rings. The number of thiazole rings is 1. The van der Waals surface area contributed by atoms with E-state index < -0.39 is 11.7 Å². The molecule has 0 radical (unpaired) electrons. The Kier molecular flexibility index (Phi) is 10.0. The Morgan fingerprint density at radius 1 is 1.29 bits per heavy atom. The molecule has 0 saturated heterocycles. The van der Waals surface area contributed by atoms with E-state index in [1.54, 1.807) is 37.2 Å². The molecule has 31 heavy (non-hydrogen) atoms. The molecule has 0 unspecified atom stereocenters. The number of rotatable bonds is 9. The Morgan fingerprint density at radius 3 is 2.58 bits per heavy atom. The number of halogens is 1. The minimum atomic E-state index is -0.601. The van der Waals surface area contributed by atoms with Crippen molar-refractivity contribution in [1.82, 2.24) is 15.2 Å². The van der Waals surface area contributed by atoms with Crippen molar-refractivity contribution in [1.29, 1.82) is 0 Å². The Balaban J connectivity index is 2.04. The van der Waals surface area contributed by atoms with E-state index in [9.17, 15) is 14.4 Å². The highest BCUT2D eigenvalue weighted by atomic mass is 35.5. The van der Waals surface area contributed by atoms with E-state index in [0.717, 1.165) is 25.7 Å². The molecule has 3 amide bonds. The van der Waals surface area contributed by atoms with Gasteiger partial charge in [-0.1, -0.05) is 19.3 Å². The summed E-state index contributed by atoms with van der Waals surface area (Å²) in [7, 11) is 0. The molecular weight excluding hydrogens is 440 g/mol. The third kappa shape index (κ3) is 9.03. The average molecular weight is 473 g/mol. The van der Waals surface area contributed by atoms with Gasteiger partial charge in [0.15, 0.2) is 5.13 Å². The Morgan fingerprint density at radius 2 is 2.00 bits per heavy atom. The molecule has 1 aliphatic carbocycles. The van der Waals surface area contributed by atoms with E-state index in [-0.39, 0.29) is 49.2 Å². The van der Waals surface area contributed by atoms with Gasteiger partial charge in [0.25, 0.3) is 0 Å². The molecule has 1 aliphatic rings. The van der Waals surface area contributed by atoms with Crippen LogP contribution in [0.2, 0.25) is 0 Å². The molecule has 1 atom stereocenters. The van der Waals surface area contributed by atoms with Crippen LogP contribution < -0.4 is 10.6 Å². The first-order valence-electron chi connectivity index (χ1n) is 10.7. The first kappa shape index (κ1) is 25.4. The summed E-state index contributed by atoms with van der Waals surface area (Å²) in [5.41, 5.74) is -0.601. The highest BCUT2D eigenvalue weighted by Gasteiger charge is 2.33. The van der Waals surface area contributed by atoms with E-state index >= 15 is 0 Å². The fourth-order valence-corrected chi connectivity index (χ4v) is 4.41. The summed E-state index contributed by atoms with van der Waals surface area (Å²) in [6, 6.07) is 0. The van der Waals surface area contributed by atoms with Crippen molar-refractivity contribution < 1.29 is 19.1 Å². The first-order chi connectivity index (χ1) is 14.7. The first-order valence-corrected chi connectivity index (χ1v) is 12.1. The second kappa shape index (κ2) is 12.2. The molecule has 0 aromatic carbocycles. The molecule has 8 nitrogen and oxygen atoms in total. The molecule has 174 valence electrons. The SMILES string of the molecule is CC(C)(C)OC(=O)NCCN(C[C@H](C(=O)Nc1nccs1)C1CCCCC1)C(=O)CCl. The zero-order chi connectivity index (χ0) is 22.9. The minimum Gasteiger partial charge on any atom is -0.444 e. The van der Waals surface area contributed by atoms with Gasteiger partial charge < -0.3 is 20.3 Å². The predicted molar refractivity (Wildman–Crippen MR) is 122 cm³/mol. The third-order valence-electron chi connectivity index (χ3n) is 5.15. The van der Waals surface area contributed by atoms with Gasteiger partial charge in [0.2, 0.25) is 11.8 Å². The van der Waals surface area contributed by atoms with Crippen LogP contribution in [0.1, 0.15) is 52.9 Å². The lowest BCUT2D eigenvalue weighted by Crippen LogP contribution is -2.46. The van der Waals surface area contributed by atoms with Crippen LogP contribution in [0, 0.1) is 11.8 Å². The van der Waals surface area contributed by atoms with Crippen molar-refractivity contribution in [3.05, 3.63) is 11.6 Å². The van der Waals surface area contributed by atoms with Gasteiger partial charge in [-0.2, -0.15) is 0 Å². The highest BCUT2D eigenvalue weighted by molar-refractivity contribution is 7.13. The van der Waals surface area contributed by atoms with Gasteiger partial charge in [0.1, 0.15) is 11.5 Å². The van der Waals surface area contributed by atoms with Gasteiger partial charge in [-0.15, -0.1) is 22.9 Å². The number of amides is 3. The van der Waals surface area contributed by atoms with Crippen molar-refractivity contribution in [3.8, 4) is 0 Å². The fraction of sp³-hybridized carbons (Fsp3) is 0.714. The van der Waals surface area contributed by atoms with E-state index in [1.165, 1.54) is 17.8 Å². The number of nitrogens with one attached hydrogen (secondary N) is 2. The number of alkyl carbamates (subject to hydrolysis) is 1. The van der Waals surface area contributed by atoms with Crippen LogP contribution in [0.4, 0.5) is 9.93 Å². The Labute approximate surface area is 193 Å². The van der Waals surface area contributed by atoms with Crippen molar-refractivity contribution in [2.75, 3.05) is 30.8 Å².